The number of hydrogen-bond acceptors (Lipinski definition) is 2. The van der Waals surface area contributed by atoms with Gasteiger partial charge in [0.05, 0.1) is 0 Å². The van der Waals surface area contributed by atoms with Gasteiger partial charge in [0, 0.05) is 6.21 Å². The number of hydrogen-bond donors (Lipinski definition) is 0. The molecule has 0 aliphatic carbocycles. The molecule has 0 fully saturated rings. The van der Waals surface area contributed by atoms with Gasteiger partial charge in [-0.3, -0.25) is 0 Å². The minimum absolute atomic E-state index is 0.254. The molecular formula is C5H7NO. The van der Waals surface area contributed by atoms with Crippen molar-refractivity contribution in [2.24, 2.45) is 5.16 Å². The van der Waals surface area contributed by atoms with Crippen LogP contribution in [-0.2, 0) is 4.84 Å². The third-order valence-corrected chi connectivity index (χ3v) is 0.328. The highest BCUT2D eigenvalue weighted by Gasteiger charge is 1.65. The molecule has 0 aromatic carbocycles. The van der Waals surface area contributed by atoms with Crippen LogP contribution in [0.2, 0.25) is 0 Å². The van der Waals surface area contributed by atoms with E-state index in [1.54, 1.807) is 6.92 Å². The molecule has 0 spiro atoms. The lowest BCUT2D eigenvalue weighted by atomic mass is 10.8. The first-order valence-corrected chi connectivity index (χ1v) is 1.95. The minimum Gasteiger partial charge on any atom is -0.383 e. The van der Waals surface area contributed by atoms with E-state index in [1.807, 2.05) is 0 Å². The number of nitrogens with zero attached hydrogens (tertiary/aromatic N) is 1. The van der Waals surface area contributed by atoms with Gasteiger partial charge >= 0.3 is 0 Å². The summed E-state index contributed by atoms with van der Waals surface area (Å²) >= 11 is 0. The van der Waals surface area contributed by atoms with Gasteiger partial charge in [0.2, 0.25) is 0 Å². The fourth-order valence-corrected chi connectivity index (χ4v) is 0.149. The molecule has 0 saturated carbocycles. The van der Waals surface area contributed by atoms with E-state index in [0.717, 1.165) is 0 Å². The van der Waals surface area contributed by atoms with Gasteiger partial charge in [-0.1, -0.05) is 11.1 Å². The fourth-order valence-electron chi connectivity index (χ4n) is 0.149. The van der Waals surface area contributed by atoms with E-state index in [0.29, 0.717) is 0 Å². The van der Waals surface area contributed by atoms with Crippen molar-refractivity contribution in [2.45, 2.75) is 6.92 Å². The lowest BCUT2D eigenvalue weighted by Crippen LogP contribution is -1.79. The van der Waals surface area contributed by atoms with Crippen LogP contribution in [0.1, 0.15) is 6.92 Å². The Balaban J connectivity index is 2.87. The molecule has 0 aromatic rings. The highest BCUT2D eigenvalue weighted by molar-refractivity contribution is 5.52. The first-order valence-electron chi connectivity index (χ1n) is 1.95. The van der Waals surface area contributed by atoms with E-state index in [2.05, 4.69) is 15.9 Å². The monoisotopic (exact) mass is 97.1 g/mol. The van der Waals surface area contributed by atoms with Crippen LogP contribution in [0.5, 0.6) is 0 Å². The van der Waals surface area contributed by atoms with E-state index in [1.165, 1.54) is 6.21 Å². The summed E-state index contributed by atoms with van der Waals surface area (Å²) in [7, 11) is 0. The molecular weight excluding hydrogens is 90.1 g/mol. The molecule has 38 valence electrons. The summed E-state index contributed by atoms with van der Waals surface area (Å²) in [5.41, 5.74) is 0. The second-order valence-corrected chi connectivity index (χ2v) is 0.841. The van der Waals surface area contributed by atoms with E-state index in [-0.39, 0.29) is 6.61 Å². The van der Waals surface area contributed by atoms with Crippen molar-refractivity contribution in [1.29, 1.82) is 0 Å². The highest BCUT2D eigenvalue weighted by Crippen LogP contribution is 1.68. The maximum Gasteiger partial charge on any atom is 0.177 e. The van der Waals surface area contributed by atoms with Gasteiger partial charge in [-0.15, -0.1) is 6.42 Å². The Morgan fingerprint density at radius 1 is 2.00 bits per heavy atom. The van der Waals surface area contributed by atoms with Crippen molar-refractivity contribution in [1.82, 2.24) is 0 Å². The number of terminal acetylenes is 1. The third kappa shape index (κ3) is 5.03. The van der Waals surface area contributed by atoms with Crippen LogP contribution in [0.3, 0.4) is 0 Å². The van der Waals surface area contributed by atoms with Crippen molar-refractivity contribution < 1.29 is 4.84 Å². The molecule has 0 aliphatic rings. The van der Waals surface area contributed by atoms with Crippen LogP contribution < -0.4 is 0 Å². The zero-order chi connectivity index (χ0) is 5.54. The number of oxime groups is 1. The average molecular weight is 97.1 g/mol. The molecule has 0 bridgehead atoms. The predicted octanol–water partition coefficient (Wildman–Crippen LogP) is 0.642. The van der Waals surface area contributed by atoms with Crippen LogP contribution in [0.15, 0.2) is 5.16 Å². The van der Waals surface area contributed by atoms with Gasteiger partial charge < -0.3 is 4.84 Å². The summed E-state index contributed by atoms with van der Waals surface area (Å²) in [6.07, 6.45) is 6.36. The summed E-state index contributed by atoms with van der Waals surface area (Å²) in [6, 6.07) is 0. The van der Waals surface area contributed by atoms with Gasteiger partial charge in [-0.25, -0.2) is 0 Å². The van der Waals surface area contributed by atoms with Crippen LogP contribution in [0.4, 0.5) is 0 Å². The second-order valence-electron chi connectivity index (χ2n) is 0.841. The zero-order valence-electron chi connectivity index (χ0n) is 4.22. The normalized spacial score (nSPS) is 8.57. The molecule has 2 heteroatoms. The molecule has 0 radical (unpaired) electrons. The van der Waals surface area contributed by atoms with E-state index in [4.69, 9.17) is 6.42 Å². The molecule has 7 heavy (non-hydrogen) atoms. The van der Waals surface area contributed by atoms with Crippen molar-refractivity contribution in [3.63, 3.8) is 0 Å². The molecule has 0 amide bonds. The van der Waals surface area contributed by atoms with Gasteiger partial charge in [0.1, 0.15) is 0 Å². The van der Waals surface area contributed by atoms with Crippen molar-refractivity contribution in [3.8, 4) is 12.3 Å². The van der Waals surface area contributed by atoms with Crippen LogP contribution in [-0.4, -0.2) is 12.8 Å². The summed E-state index contributed by atoms with van der Waals surface area (Å²) in [5, 5.41) is 3.39. The Morgan fingerprint density at radius 2 is 2.71 bits per heavy atom. The smallest absolute Gasteiger partial charge is 0.177 e. The highest BCUT2D eigenvalue weighted by atomic mass is 16.6. The fraction of sp³-hybridized carbons (Fsp3) is 0.400. The van der Waals surface area contributed by atoms with Crippen molar-refractivity contribution in [3.05, 3.63) is 0 Å². The zero-order valence-corrected chi connectivity index (χ0v) is 4.22. The SMILES string of the molecule is C#CCON=CC. The van der Waals surface area contributed by atoms with E-state index >= 15 is 0 Å². The molecule has 0 rings (SSSR count). The largest absolute Gasteiger partial charge is 0.383 e. The Labute approximate surface area is 43.2 Å². The molecule has 0 heterocycles. The Morgan fingerprint density at radius 3 is 3.14 bits per heavy atom. The maximum absolute atomic E-state index is 4.82. The molecule has 0 N–H and O–H groups in total. The van der Waals surface area contributed by atoms with E-state index in [9.17, 15) is 0 Å². The standard InChI is InChI=1S/C5H7NO/c1-3-5-7-6-4-2/h1,4H,5H2,2H3. The van der Waals surface area contributed by atoms with Gasteiger partial charge in [0.25, 0.3) is 0 Å². The van der Waals surface area contributed by atoms with Crippen LogP contribution in [0, 0.1) is 12.3 Å². The maximum atomic E-state index is 4.82. The number of rotatable bonds is 2. The molecule has 0 unspecified atom stereocenters. The Hall–Kier alpha value is -0.970. The molecule has 0 aromatic heterocycles. The first kappa shape index (κ1) is 6.03. The predicted molar refractivity (Wildman–Crippen MR) is 29.0 cm³/mol. The van der Waals surface area contributed by atoms with Gasteiger partial charge in [-0.2, -0.15) is 0 Å². The molecule has 2 nitrogen and oxygen atoms in total. The minimum atomic E-state index is 0.254. The summed E-state index contributed by atoms with van der Waals surface area (Å²) in [6.45, 7) is 2.01. The molecule has 0 atom stereocenters. The van der Waals surface area contributed by atoms with Crippen LogP contribution in [0.25, 0.3) is 0 Å². The van der Waals surface area contributed by atoms with Crippen LogP contribution >= 0.6 is 0 Å². The Kier molecular flexibility index (Phi) is 4.33. The van der Waals surface area contributed by atoms with Crippen molar-refractivity contribution >= 4 is 6.21 Å². The summed E-state index contributed by atoms with van der Waals surface area (Å²) in [5.74, 6) is 2.27. The second kappa shape index (κ2) is 5.03. The lowest BCUT2D eigenvalue weighted by molar-refractivity contribution is 0.181. The van der Waals surface area contributed by atoms with Crippen molar-refractivity contribution in [2.75, 3.05) is 6.61 Å². The topological polar surface area (TPSA) is 21.6 Å². The Bertz CT molecular complexity index is 90.7. The molecule has 0 aliphatic heterocycles. The van der Waals surface area contributed by atoms with E-state index < -0.39 is 0 Å². The summed E-state index contributed by atoms with van der Waals surface area (Å²) < 4.78 is 0. The third-order valence-electron chi connectivity index (χ3n) is 0.328. The quantitative estimate of drug-likeness (QED) is 0.214. The average Bonchev–Trinajstić information content (AvgIpc) is 1.69. The lowest BCUT2D eigenvalue weighted by Gasteiger charge is -1.84. The molecule has 0 saturated heterocycles. The summed E-state index contributed by atoms with van der Waals surface area (Å²) in [4.78, 5) is 4.47. The van der Waals surface area contributed by atoms with Gasteiger partial charge in [0.15, 0.2) is 6.61 Å². The van der Waals surface area contributed by atoms with Gasteiger partial charge in [-0.05, 0) is 6.92 Å². The first-order chi connectivity index (χ1) is 3.41.